The summed E-state index contributed by atoms with van der Waals surface area (Å²) < 4.78 is 5.04. The zero-order valence-corrected chi connectivity index (χ0v) is 14.3. The number of phenolic OH excluding ortho intramolecular Hbond substituents is 1. The topological polar surface area (TPSA) is 78.8 Å². The number of amides is 1. The van der Waals surface area contributed by atoms with Crippen molar-refractivity contribution in [3.8, 4) is 11.5 Å². The van der Waals surface area contributed by atoms with Crippen molar-refractivity contribution in [2.24, 2.45) is 0 Å². The van der Waals surface area contributed by atoms with Gasteiger partial charge in [0.1, 0.15) is 0 Å². The number of carbonyl (C=O) groups excluding carboxylic acids is 1. The highest BCUT2D eigenvalue weighted by Crippen LogP contribution is 2.28. The van der Waals surface area contributed by atoms with Gasteiger partial charge in [0.05, 0.1) is 7.11 Å². The first-order valence-electron chi connectivity index (χ1n) is 7.53. The number of halogens is 1. The lowest BCUT2D eigenvalue weighted by Gasteiger charge is -2.26. The van der Waals surface area contributed by atoms with Crippen molar-refractivity contribution in [1.82, 2.24) is 5.32 Å². The summed E-state index contributed by atoms with van der Waals surface area (Å²) in [6, 6.07) is 11.4. The van der Waals surface area contributed by atoms with E-state index in [9.17, 15) is 15.0 Å². The summed E-state index contributed by atoms with van der Waals surface area (Å²) >= 11 is 5.95. The summed E-state index contributed by atoms with van der Waals surface area (Å²) in [5.41, 5.74) is -0.479. The third-order valence-electron chi connectivity index (χ3n) is 3.89. The van der Waals surface area contributed by atoms with Crippen molar-refractivity contribution in [3.05, 3.63) is 58.6 Å². The zero-order valence-electron chi connectivity index (χ0n) is 13.5. The van der Waals surface area contributed by atoms with Crippen molar-refractivity contribution in [2.75, 3.05) is 7.11 Å². The molecule has 5 nitrogen and oxygen atoms in total. The largest absolute Gasteiger partial charge is 0.504 e. The second kappa shape index (κ2) is 7.55. The molecule has 128 valence electrons. The summed E-state index contributed by atoms with van der Waals surface area (Å²) in [5, 5.41) is 23.5. The molecule has 2 aromatic carbocycles. The summed E-state index contributed by atoms with van der Waals surface area (Å²) in [5.74, 6) is -0.168. The Balaban J connectivity index is 2.15. The molecular formula is C18H20ClNO4. The number of phenols is 1. The molecule has 3 N–H and O–H groups in total. The SMILES string of the molecule is CCC(O)(C(=O)NCc1ccc(O)c(OC)c1)c1cccc(Cl)c1. The molecule has 0 saturated carbocycles. The lowest BCUT2D eigenvalue weighted by Crippen LogP contribution is -2.43. The minimum atomic E-state index is -1.66. The van der Waals surface area contributed by atoms with Crippen molar-refractivity contribution in [2.45, 2.75) is 25.5 Å². The first kappa shape index (κ1) is 18.1. The van der Waals surface area contributed by atoms with Crippen LogP contribution in [0, 0.1) is 0 Å². The van der Waals surface area contributed by atoms with Gasteiger partial charge in [-0.25, -0.2) is 0 Å². The maximum atomic E-state index is 12.5. The normalized spacial score (nSPS) is 13.2. The first-order valence-corrected chi connectivity index (χ1v) is 7.91. The average Bonchev–Trinajstić information content (AvgIpc) is 2.59. The van der Waals surface area contributed by atoms with Crippen LogP contribution in [0.4, 0.5) is 0 Å². The summed E-state index contributed by atoms with van der Waals surface area (Å²) in [6.07, 6.45) is 0.206. The Labute approximate surface area is 145 Å². The van der Waals surface area contributed by atoms with Gasteiger partial charge in [0, 0.05) is 11.6 Å². The highest BCUT2D eigenvalue weighted by molar-refractivity contribution is 6.30. The van der Waals surface area contributed by atoms with Gasteiger partial charge >= 0.3 is 0 Å². The van der Waals surface area contributed by atoms with Crippen LogP contribution in [0.3, 0.4) is 0 Å². The van der Waals surface area contributed by atoms with Gasteiger partial charge in [0.25, 0.3) is 5.91 Å². The number of hydrogen-bond acceptors (Lipinski definition) is 4. The van der Waals surface area contributed by atoms with Crippen molar-refractivity contribution >= 4 is 17.5 Å². The van der Waals surface area contributed by atoms with Gasteiger partial charge in [-0.1, -0.05) is 36.7 Å². The number of rotatable bonds is 6. The first-order chi connectivity index (χ1) is 11.4. The van der Waals surface area contributed by atoms with E-state index in [1.165, 1.54) is 13.2 Å². The van der Waals surface area contributed by atoms with E-state index in [1.54, 1.807) is 43.3 Å². The Hall–Kier alpha value is -2.24. The second-order valence-electron chi connectivity index (χ2n) is 5.41. The minimum Gasteiger partial charge on any atom is -0.504 e. The molecule has 0 radical (unpaired) electrons. The number of nitrogens with one attached hydrogen (secondary N) is 1. The minimum absolute atomic E-state index is 0.0246. The lowest BCUT2D eigenvalue weighted by atomic mass is 9.90. The Bertz CT molecular complexity index is 735. The van der Waals surface area contributed by atoms with Crippen LogP contribution in [0.1, 0.15) is 24.5 Å². The molecular weight excluding hydrogens is 330 g/mol. The van der Waals surface area contributed by atoms with E-state index < -0.39 is 11.5 Å². The van der Waals surface area contributed by atoms with E-state index in [4.69, 9.17) is 16.3 Å². The molecule has 0 aliphatic carbocycles. The van der Waals surface area contributed by atoms with Crippen molar-refractivity contribution < 1.29 is 19.7 Å². The monoisotopic (exact) mass is 349 g/mol. The van der Waals surface area contributed by atoms with E-state index in [-0.39, 0.29) is 18.7 Å². The zero-order chi connectivity index (χ0) is 17.7. The lowest BCUT2D eigenvalue weighted by molar-refractivity contribution is -0.141. The predicted octanol–water partition coefficient (Wildman–Crippen LogP) is 2.97. The van der Waals surface area contributed by atoms with Crippen LogP contribution in [0.15, 0.2) is 42.5 Å². The molecule has 0 fully saturated rings. The van der Waals surface area contributed by atoms with E-state index in [0.29, 0.717) is 16.3 Å². The number of ether oxygens (including phenoxy) is 1. The van der Waals surface area contributed by atoms with E-state index in [0.717, 1.165) is 5.56 Å². The van der Waals surface area contributed by atoms with Gasteiger partial charge in [-0.15, -0.1) is 0 Å². The quantitative estimate of drug-likeness (QED) is 0.749. The Morgan fingerprint density at radius 1 is 1.29 bits per heavy atom. The fourth-order valence-corrected chi connectivity index (χ4v) is 2.59. The molecule has 0 aliphatic rings. The van der Waals surface area contributed by atoms with Crippen LogP contribution < -0.4 is 10.1 Å². The third-order valence-corrected chi connectivity index (χ3v) is 4.12. The molecule has 2 rings (SSSR count). The highest BCUT2D eigenvalue weighted by Gasteiger charge is 2.35. The molecule has 0 aliphatic heterocycles. The Morgan fingerprint density at radius 3 is 2.67 bits per heavy atom. The fourth-order valence-electron chi connectivity index (χ4n) is 2.40. The van der Waals surface area contributed by atoms with Gasteiger partial charge in [-0.05, 0) is 41.8 Å². The number of aromatic hydroxyl groups is 1. The van der Waals surface area contributed by atoms with E-state index >= 15 is 0 Å². The molecule has 0 bridgehead atoms. The summed E-state index contributed by atoms with van der Waals surface area (Å²) in [7, 11) is 1.45. The van der Waals surface area contributed by atoms with Crippen LogP contribution in [-0.2, 0) is 16.9 Å². The number of hydrogen-bond donors (Lipinski definition) is 3. The van der Waals surface area contributed by atoms with Gasteiger partial charge in [0.2, 0.25) is 0 Å². The molecule has 1 unspecified atom stereocenters. The van der Waals surface area contributed by atoms with E-state index in [1.807, 2.05) is 0 Å². The molecule has 1 atom stereocenters. The van der Waals surface area contributed by atoms with Crippen LogP contribution in [0.5, 0.6) is 11.5 Å². The van der Waals surface area contributed by atoms with Gasteiger partial charge in [0.15, 0.2) is 17.1 Å². The molecule has 2 aromatic rings. The second-order valence-corrected chi connectivity index (χ2v) is 5.85. The van der Waals surface area contributed by atoms with Crippen LogP contribution >= 0.6 is 11.6 Å². The number of methoxy groups -OCH3 is 1. The van der Waals surface area contributed by atoms with Crippen molar-refractivity contribution in [1.29, 1.82) is 0 Å². The molecule has 0 aromatic heterocycles. The fraction of sp³-hybridized carbons (Fsp3) is 0.278. The Morgan fingerprint density at radius 2 is 2.04 bits per heavy atom. The molecule has 1 amide bonds. The molecule has 6 heteroatoms. The van der Waals surface area contributed by atoms with Crippen LogP contribution in [-0.4, -0.2) is 23.2 Å². The number of carbonyl (C=O) groups is 1. The van der Waals surface area contributed by atoms with Crippen LogP contribution in [0.2, 0.25) is 5.02 Å². The average molecular weight is 350 g/mol. The Kier molecular flexibility index (Phi) is 5.70. The maximum Gasteiger partial charge on any atom is 0.256 e. The van der Waals surface area contributed by atoms with Gasteiger partial charge < -0.3 is 20.3 Å². The summed E-state index contributed by atoms with van der Waals surface area (Å²) in [6.45, 7) is 1.92. The predicted molar refractivity (Wildman–Crippen MR) is 92.1 cm³/mol. The highest BCUT2D eigenvalue weighted by atomic mass is 35.5. The molecule has 0 spiro atoms. The van der Waals surface area contributed by atoms with Crippen molar-refractivity contribution in [3.63, 3.8) is 0 Å². The third kappa shape index (κ3) is 3.80. The van der Waals surface area contributed by atoms with Gasteiger partial charge in [-0.2, -0.15) is 0 Å². The van der Waals surface area contributed by atoms with E-state index in [2.05, 4.69) is 5.32 Å². The maximum absolute atomic E-state index is 12.5. The molecule has 0 saturated heterocycles. The standard InChI is InChI=1S/C18H20ClNO4/c1-3-18(23,13-5-4-6-14(19)10-13)17(22)20-11-12-7-8-15(21)16(9-12)24-2/h4-10,21,23H,3,11H2,1-2H3,(H,20,22). The van der Waals surface area contributed by atoms with Gasteiger partial charge in [-0.3, -0.25) is 4.79 Å². The molecule has 24 heavy (non-hydrogen) atoms. The number of aliphatic hydroxyl groups is 1. The molecule has 0 heterocycles. The summed E-state index contributed by atoms with van der Waals surface area (Å²) in [4.78, 5) is 12.5. The smallest absolute Gasteiger partial charge is 0.256 e. The number of benzene rings is 2. The van der Waals surface area contributed by atoms with Crippen LogP contribution in [0.25, 0.3) is 0 Å².